The summed E-state index contributed by atoms with van der Waals surface area (Å²) in [5.41, 5.74) is 6.22. The van der Waals surface area contributed by atoms with Gasteiger partial charge in [0.1, 0.15) is 0 Å². The van der Waals surface area contributed by atoms with Gasteiger partial charge in [0.25, 0.3) is 0 Å². The van der Waals surface area contributed by atoms with E-state index >= 15 is 0 Å². The van der Waals surface area contributed by atoms with Crippen molar-refractivity contribution in [1.29, 1.82) is 0 Å². The van der Waals surface area contributed by atoms with Gasteiger partial charge in [-0.3, -0.25) is 9.78 Å². The molecule has 1 aromatic carbocycles. The van der Waals surface area contributed by atoms with Gasteiger partial charge in [-0.2, -0.15) is 0 Å². The average Bonchev–Trinajstić information content (AvgIpc) is 2.99. The van der Waals surface area contributed by atoms with Crippen LogP contribution in [0, 0.1) is 31.6 Å². The summed E-state index contributed by atoms with van der Waals surface area (Å²) < 4.78 is -0.712. The van der Waals surface area contributed by atoms with E-state index in [0.29, 0.717) is 18.4 Å². The lowest BCUT2D eigenvalue weighted by molar-refractivity contribution is -0.116. The molecule has 160 valence electrons. The standard InChI is InChI=1S/C26H27NO3S/c1-6-9-18-12-16(2)22(17(3)13-18)23-21(26(4,5)31-25(29)30)15-19(24(23)28)14-20-10-7-8-11-27-20/h7-8,10-13,19H,14-15H2,1-5H3,(H,29,30). The first kappa shape index (κ1) is 22.8. The highest BCUT2D eigenvalue weighted by Gasteiger charge is 2.42. The number of carbonyl (C=O) groups excluding carboxylic acids is 1. The fourth-order valence-corrected chi connectivity index (χ4v) is 5.15. The number of hydrogen-bond donors (Lipinski definition) is 1. The molecule has 0 amide bonds. The van der Waals surface area contributed by atoms with Crippen molar-refractivity contribution in [3.8, 4) is 11.8 Å². The van der Waals surface area contributed by atoms with Crippen molar-refractivity contribution >= 4 is 28.4 Å². The molecular weight excluding hydrogens is 406 g/mol. The second-order valence-corrected chi connectivity index (χ2v) is 9.96. The Bertz CT molecular complexity index is 1100. The van der Waals surface area contributed by atoms with Gasteiger partial charge in [-0.15, -0.1) is 5.92 Å². The number of thioether (sulfide) groups is 1. The third kappa shape index (κ3) is 4.91. The van der Waals surface area contributed by atoms with Crippen LogP contribution in [0.1, 0.15) is 55.1 Å². The molecule has 0 radical (unpaired) electrons. The number of hydrogen-bond acceptors (Lipinski definition) is 4. The molecule has 0 aliphatic heterocycles. The molecule has 5 heteroatoms. The van der Waals surface area contributed by atoms with Crippen molar-refractivity contribution in [3.63, 3.8) is 0 Å². The number of benzene rings is 1. The van der Waals surface area contributed by atoms with Crippen LogP contribution in [0.5, 0.6) is 0 Å². The Labute approximate surface area is 188 Å². The zero-order chi connectivity index (χ0) is 22.8. The lowest BCUT2D eigenvalue weighted by atomic mass is 9.87. The molecule has 0 spiro atoms. The maximum absolute atomic E-state index is 13.7. The first-order valence-corrected chi connectivity index (χ1v) is 11.1. The van der Waals surface area contributed by atoms with Gasteiger partial charge in [0.15, 0.2) is 5.78 Å². The predicted molar refractivity (Wildman–Crippen MR) is 126 cm³/mol. The number of aryl methyl sites for hydroxylation is 2. The molecule has 31 heavy (non-hydrogen) atoms. The second kappa shape index (κ2) is 9.11. The summed E-state index contributed by atoms with van der Waals surface area (Å²) in [6.45, 7) is 9.56. The number of carboxylic acid groups (broad SMARTS) is 1. The number of aromatic nitrogens is 1. The second-order valence-electron chi connectivity index (χ2n) is 8.38. The van der Waals surface area contributed by atoms with Gasteiger partial charge in [0, 0.05) is 40.1 Å². The first-order chi connectivity index (χ1) is 14.6. The topological polar surface area (TPSA) is 67.3 Å². The van der Waals surface area contributed by atoms with E-state index in [1.165, 1.54) is 0 Å². The molecule has 0 saturated carbocycles. The molecule has 1 unspecified atom stereocenters. The van der Waals surface area contributed by atoms with Gasteiger partial charge in [-0.1, -0.05) is 12.0 Å². The van der Waals surface area contributed by atoms with Crippen LogP contribution in [0.4, 0.5) is 4.79 Å². The smallest absolute Gasteiger partial charge is 0.365 e. The van der Waals surface area contributed by atoms with Crippen molar-refractivity contribution in [2.45, 2.75) is 52.2 Å². The molecule has 1 aromatic heterocycles. The maximum atomic E-state index is 13.7. The van der Waals surface area contributed by atoms with Crippen molar-refractivity contribution in [2.75, 3.05) is 0 Å². The summed E-state index contributed by atoms with van der Waals surface area (Å²) in [6, 6.07) is 9.70. The largest absolute Gasteiger partial charge is 0.473 e. The Hall–Kier alpha value is -2.84. The number of rotatable bonds is 5. The number of allylic oxidation sites excluding steroid dienone is 1. The van der Waals surface area contributed by atoms with E-state index < -0.39 is 10.0 Å². The zero-order valence-corrected chi connectivity index (χ0v) is 19.4. The Morgan fingerprint density at radius 2 is 1.94 bits per heavy atom. The molecule has 0 bridgehead atoms. The lowest BCUT2D eigenvalue weighted by Crippen LogP contribution is -2.21. The molecule has 1 atom stereocenters. The summed E-state index contributed by atoms with van der Waals surface area (Å²) in [5.74, 6) is 5.83. The maximum Gasteiger partial charge on any atom is 0.365 e. The van der Waals surface area contributed by atoms with Crippen LogP contribution < -0.4 is 0 Å². The Morgan fingerprint density at radius 1 is 1.26 bits per heavy atom. The number of pyridine rings is 1. The van der Waals surface area contributed by atoms with Crippen molar-refractivity contribution in [2.24, 2.45) is 5.92 Å². The van der Waals surface area contributed by atoms with Crippen LogP contribution >= 0.6 is 11.8 Å². The molecule has 3 rings (SSSR count). The van der Waals surface area contributed by atoms with Crippen molar-refractivity contribution < 1.29 is 14.7 Å². The Morgan fingerprint density at radius 3 is 2.48 bits per heavy atom. The van der Waals surface area contributed by atoms with Gasteiger partial charge in [-0.25, -0.2) is 4.79 Å². The summed E-state index contributed by atoms with van der Waals surface area (Å²) in [4.78, 5) is 29.6. The van der Waals surface area contributed by atoms with Crippen LogP contribution in [-0.2, 0) is 11.2 Å². The third-order valence-corrected chi connectivity index (χ3v) is 6.60. The van der Waals surface area contributed by atoms with Crippen LogP contribution in [0.15, 0.2) is 42.1 Å². The summed E-state index contributed by atoms with van der Waals surface area (Å²) in [5, 5.41) is 8.52. The highest BCUT2D eigenvalue weighted by atomic mass is 32.2. The Balaban J connectivity index is 2.13. The molecule has 2 aromatic rings. The van der Waals surface area contributed by atoms with Crippen molar-refractivity contribution in [3.05, 3.63) is 70.0 Å². The normalized spacial score (nSPS) is 16.3. The fourth-order valence-electron chi connectivity index (χ4n) is 4.41. The van der Waals surface area contributed by atoms with Crippen LogP contribution in [0.2, 0.25) is 0 Å². The summed E-state index contributed by atoms with van der Waals surface area (Å²) >= 11 is 0.854. The molecule has 1 heterocycles. The van der Waals surface area contributed by atoms with E-state index in [0.717, 1.165) is 45.3 Å². The highest BCUT2D eigenvalue weighted by Crippen LogP contribution is 2.48. The van der Waals surface area contributed by atoms with Crippen LogP contribution in [0.25, 0.3) is 5.57 Å². The first-order valence-electron chi connectivity index (χ1n) is 10.3. The molecule has 1 aliphatic rings. The van der Waals surface area contributed by atoms with E-state index in [1.807, 2.05) is 58.0 Å². The zero-order valence-electron chi connectivity index (χ0n) is 18.6. The minimum absolute atomic E-state index is 0.0697. The van der Waals surface area contributed by atoms with Gasteiger partial charge in [0.2, 0.25) is 0 Å². The Kier molecular flexibility index (Phi) is 6.71. The van der Waals surface area contributed by atoms with E-state index in [9.17, 15) is 14.7 Å². The van der Waals surface area contributed by atoms with E-state index in [1.54, 1.807) is 13.1 Å². The third-order valence-electron chi connectivity index (χ3n) is 5.67. The number of carbonyl (C=O) groups is 2. The summed E-state index contributed by atoms with van der Waals surface area (Å²) in [6.07, 6.45) is 2.81. The molecule has 1 aliphatic carbocycles. The number of Topliss-reactive ketones (excluding diaryl/α,β-unsaturated/α-hetero) is 1. The SMILES string of the molecule is CC#Cc1cc(C)c(C2=C(C(C)(C)SC(=O)O)CC(Cc3ccccn3)C2=O)c(C)c1. The van der Waals surface area contributed by atoms with Crippen LogP contribution in [0.3, 0.4) is 0 Å². The van der Waals surface area contributed by atoms with Crippen molar-refractivity contribution in [1.82, 2.24) is 4.98 Å². The minimum atomic E-state index is -0.945. The number of ketones is 1. The minimum Gasteiger partial charge on any atom is -0.473 e. The van der Waals surface area contributed by atoms with Gasteiger partial charge in [-0.05, 0) is 99.3 Å². The highest BCUT2D eigenvalue weighted by molar-refractivity contribution is 8.14. The summed E-state index contributed by atoms with van der Waals surface area (Å²) in [7, 11) is 0. The molecule has 0 saturated heterocycles. The predicted octanol–water partition coefficient (Wildman–Crippen LogP) is 5.84. The van der Waals surface area contributed by atoms with E-state index in [2.05, 4.69) is 16.8 Å². The average molecular weight is 434 g/mol. The molecule has 4 nitrogen and oxygen atoms in total. The van der Waals surface area contributed by atoms with Gasteiger partial charge < -0.3 is 5.11 Å². The van der Waals surface area contributed by atoms with Gasteiger partial charge >= 0.3 is 5.30 Å². The fraction of sp³-hybridized carbons (Fsp3) is 0.346. The monoisotopic (exact) mass is 433 g/mol. The quantitative estimate of drug-likeness (QED) is 0.600. The lowest BCUT2D eigenvalue weighted by Gasteiger charge is -2.26. The molecule has 0 fully saturated rings. The van der Waals surface area contributed by atoms with E-state index in [4.69, 9.17) is 0 Å². The molecule has 1 N–H and O–H groups in total. The molecular formula is C26H27NO3S. The van der Waals surface area contributed by atoms with Gasteiger partial charge in [0.05, 0.1) is 0 Å². The van der Waals surface area contributed by atoms with E-state index in [-0.39, 0.29) is 11.7 Å². The number of nitrogens with zero attached hydrogens (tertiary/aromatic N) is 1. The van der Waals surface area contributed by atoms with Crippen LogP contribution in [-0.4, -0.2) is 25.9 Å².